The van der Waals surface area contributed by atoms with Gasteiger partial charge in [-0.25, -0.2) is 6.57 Å². The molecule has 0 N–H and O–H groups in total. The van der Waals surface area contributed by atoms with Crippen molar-refractivity contribution in [2.45, 2.75) is 6.42 Å². The molecule has 1 nitrogen and oxygen atoms in total. The molecule has 0 aliphatic rings. The first-order chi connectivity index (χ1) is 5.72. The second kappa shape index (κ2) is 4.49. The topological polar surface area (TPSA) is 4.36 Å². The summed E-state index contributed by atoms with van der Waals surface area (Å²) in [6.45, 7) is 7.16. The summed E-state index contributed by atoms with van der Waals surface area (Å²) < 4.78 is 0.968. The number of nitrogens with zero attached hydrogens (tertiary/aromatic N) is 1. The number of halogens is 2. The van der Waals surface area contributed by atoms with Gasteiger partial charge in [0, 0.05) is 15.9 Å². The Balaban J connectivity index is 2.80. The average Bonchev–Trinajstić information content (AvgIpc) is 1.99. The zero-order chi connectivity index (χ0) is 8.97. The van der Waals surface area contributed by atoms with Crippen molar-refractivity contribution >= 4 is 27.5 Å². The molecule has 12 heavy (non-hydrogen) atoms. The molecule has 0 spiro atoms. The fourth-order valence-electron chi connectivity index (χ4n) is 0.940. The zero-order valence-electron chi connectivity index (χ0n) is 6.35. The fraction of sp³-hybridized carbons (Fsp3) is 0.222. The first-order valence-corrected chi connectivity index (χ1v) is 4.67. The van der Waals surface area contributed by atoms with E-state index in [-0.39, 0.29) is 0 Å². The van der Waals surface area contributed by atoms with Gasteiger partial charge in [-0.2, -0.15) is 0 Å². The highest BCUT2D eigenvalue weighted by Crippen LogP contribution is 2.19. The third kappa shape index (κ3) is 2.84. The second-order valence-electron chi connectivity index (χ2n) is 2.41. The summed E-state index contributed by atoms with van der Waals surface area (Å²) in [5, 5.41) is 0.712. The lowest BCUT2D eigenvalue weighted by atomic mass is 10.1. The minimum absolute atomic E-state index is 0.521. The highest BCUT2D eigenvalue weighted by molar-refractivity contribution is 9.10. The molecule has 0 saturated carbocycles. The van der Waals surface area contributed by atoms with Crippen molar-refractivity contribution in [3.05, 3.63) is 44.7 Å². The van der Waals surface area contributed by atoms with E-state index in [0.717, 1.165) is 16.5 Å². The largest absolute Gasteiger partial charge is 0.317 e. The van der Waals surface area contributed by atoms with Crippen LogP contribution in [0.5, 0.6) is 0 Å². The van der Waals surface area contributed by atoms with Crippen molar-refractivity contribution in [3.63, 3.8) is 0 Å². The van der Waals surface area contributed by atoms with Crippen LogP contribution in [-0.2, 0) is 6.42 Å². The van der Waals surface area contributed by atoms with E-state index in [1.165, 1.54) is 0 Å². The van der Waals surface area contributed by atoms with Crippen LogP contribution in [0.4, 0.5) is 0 Å². The van der Waals surface area contributed by atoms with E-state index in [4.69, 9.17) is 18.2 Å². The molecule has 1 aromatic carbocycles. The molecular formula is C9H7BrClN. The van der Waals surface area contributed by atoms with Crippen LogP contribution in [0, 0.1) is 6.57 Å². The van der Waals surface area contributed by atoms with Gasteiger partial charge in [0.2, 0.25) is 6.54 Å². The van der Waals surface area contributed by atoms with Crippen molar-refractivity contribution in [2.75, 3.05) is 6.54 Å². The fourth-order valence-corrected chi connectivity index (χ4v) is 1.87. The van der Waals surface area contributed by atoms with Gasteiger partial charge in [-0.3, -0.25) is 0 Å². The lowest BCUT2D eigenvalue weighted by Gasteiger charge is -1.98. The van der Waals surface area contributed by atoms with Crippen LogP contribution in [-0.4, -0.2) is 6.54 Å². The zero-order valence-corrected chi connectivity index (χ0v) is 8.69. The van der Waals surface area contributed by atoms with Gasteiger partial charge in [-0.05, 0) is 23.8 Å². The summed E-state index contributed by atoms with van der Waals surface area (Å²) in [6.07, 6.45) is 0.767. The smallest absolute Gasteiger partial charge is 0.218 e. The van der Waals surface area contributed by atoms with Gasteiger partial charge in [-0.15, -0.1) is 0 Å². The molecule has 0 unspecified atom stereocenters. The monoisotopic (exact) mass is 243 g/mol. The summed E-state index contributed by atoms with van der Waals surface area (Å²) >= 11 is 9.16. The summed E-state index contributed by atoms with van der Waals surface area (Å²) in [4.78, 5) is 3.28. The quantitative estimate of drug-likeness (QED) is 0.701. The molecule has 0 heterocycles. The predicted octanol–water partition coefficient (Wildman–Crippen LogP) is 3.56. The number of hydrogen-bond acceptors (Lipinski definition) is 0. The molecule has 0 aromatic heterocycles. The summed E-state index contributed by atoms with van der Waals surface area (Å²) in [5.41, 5.74) is 1.10. The Morgan fingerprint density at radius 3 is 2.75 bits per heavy atom. The lowest BCUT2D eigenvalue weighted by Crippen LogP contribution is -1.87. The van der Waals surface area contributed by atoms with Crippen molar-refractivity contribution in [3.8, 4) is 0 Å². The minimum Gasteiger partial charge on any atom is -0.317 e. The molecule has 0 fully saturated rings. The average molecular weight is 245 g/mol. The first-order valence-electron chi connectivity index (χ1n) is 3.50. The summed E-state index contributed by atoms with van der Waals surface area (Å²) in [5.74, 6) is 0. The van der Waals surface area contributed by atoms with Crippen LogP contribution >= 0.6 is 27.5 Å². The Labute approximate surface area is 85.3 Å². The highest BCUT2D eigenvalue weighted by Gasteiger charge is 1.98. The van der Waals surface area contributed by atoms with E-state index < -0.39 is 0 Å². The van der Waals surface area contributed by atoms with Crippen molar-refractivity contribution < 1.29 is 0 Å². The van der Waals surface area contributed by atoms with E-state index >= 15 is 0 Å². The molecular weight excluding hydrogens is 237 g/mol. The SMILES string of the molecule is [C-]#[N+]CCc1cc(Cl)cc(Br)c1. The molecule has 0 radical (unpaired) electrons. The molecule has 1 rings (SSSR count). The van der Waals surface area contributed by atoms with Crippen LogP contribution in [0.1, 0.15) is 5.56 Å². The molecule has 0 saturated heterocycles. The molecule has 62 valence electrons. The maximum Gasteiger partial charge on any atom is 0.218 e. The van der Waals surface area contributed by atoms with Gasteiger partial charge < -0.3 is 4.85 Å². The molecule has 3 heteroatoms. The Hall–Kier alpha value is -0.520. The molecule has 0 atom stereocenters. The van der Waals surface area contributed by atoms with Gasteiger partial charge in [-0.1, -0.05) is 27.5 Å². The van der Waals surface area contributed by atoms with Crippen LogP contribution in [0.2, 0.25) is 5.02 Å². The highest BCUT2D eigenvalue weighted by atomic mass is 79.9. The maximum atomic E-state index is 6.64. The minimum atomic E-state index is 0.521. The summed E-state index contributed by atoms with van der Waals surface area (Å²) in [6, 6.07) is 5.71. The van der Waals surface area contributed by atoms with Crippen molar-refractivity contribution in [1.82, 2.24) is 0 Å². The Morgan fingerprint density at radius 2 is 2.17 bits per heavy atom. The van der Waals surface area contributed by atoms with Crippen molar-refractivity contribution in [1.29, 1.82) is 0 Å². The standard InChI is InChI=1S/C9H7BrClN/c1-12-3-2-7-4-8(10)6-9(11)5-7/h4-6H,2-3H2. The van der Waals surface area contributed by atoms with E-state index in [1.54, 1.807) is 0 Å². The van der Waals surface area contributed by atoms with Crippen LogP contribution in [0.25, 0.3) is 4.85 Å². The first kappa shape index (κ1) is 9.57. The second-order valence-corrected chi connectivity index (χ2v) is 3.76. The van der Waals surface area contributed by atoms with Crippen LogP contribution in [0.3, 0.4) is 0 Å². The molecule has 1 aromatic rings. The van der Waals surface area contributed by atoms with Gasteiger partial charge in [0.25, 0.3) is 0 Å². The number of rotatable bonds is 2. The predicted molar refractivity (Wildman–Crippen MR) is 54.3 cm³/mol. The van der Waals surface area contributed by atoms with E-state index in [1.807, 2.05) is 18.2 Å². The molecule has 0 bridgehead atoms. The third-order valence-corrected chi connectivity index (χ3v) is 2.11. The van der Waals surface area contributed by atoms with E-state index in [9.17, 15) is 0 Å². The molecule has 0 aliphatic carbocycles. The lowest BCUT2D eigenvalue weighted by molar-refractivity contribution is 1.08. The van der Waals surface area contributed by atoms with Gasteiger partial charge >= 0.3 is 0 Å². The van der Waals surface area contributed by atoms with Gasteiger partial charge in [0.1, 0.15) is 0 Å². The van der Waals surface area contributed by atoms with Gasteiger partial charge in [0.15, 0.2) is 0 Å². The van der Waals surface area contributed by atoms with Crippen molar-refractivity contribution in [2.24, 2.45) is 0 Å². The third-order valence-electron chi connectivity index (χ3n) is 1.43. The van der Waals surface area contributed by atoms with Crippen LogP contribution < -0.4 is 0 Å². The van der Waals surface area contributed by atoms with E-state index in [2.05, 4.69) is 20.8 Å². The molecule has 0 aliphatic heterocycles. The Kier molecular flexibility index (Phi) is 3.58. The molecule has 0 amide bonds. The normalized spacial score (nSPS) is 9.42. The van der Waals surface area contributed by atoms with E-state index in [0.29, 0.717) is 11.6 Å². The summed E-state index contributed by atoms with van der Waals surface area (Å²) in [7, 11) is 0. The maximum absolute atomic E-state index is 6.64. The van der Waals surface area contributed by atoms with Gasteiger partial charge in [0.05, 0.1) is 0 Å². The Morgan fingerprint density at radius 1 is 1.42 bits per heavy atom. The number of hydrogen-bond donors (Lipinski definition) is 0. The Bertz CT molecular complexity index is 297. The van der Waals surface area contributed by atoms with Crippen LogP contribution in [0.15, 0.2) is 22.7 Å². The number of benzene rings is 1.